The quantitative estimate of drug-likeness (QED) is 0.837. The van der Waals surface area contributed by atoms with E-state index in [4.69, 9.17) is 14.3 Å². The number of fused-ring (bicyclic) bond motifs is 5. The Morgan fingerprint density at radius 3 is 2.71 bits per heavy atom. The van der Waals surface area contributed by atoms with Crippen molar-refractivity contribution in [3.8, 4) is 0 Å². The highest BCUT2D eigenvalue weighted by Gasteiger charge is 2.55. The lowest BCUT2D eigenvalue weighted by Gasteiger charge is -2.29. The fourth-order valence-electron chi connectivity index (χ4n) is 3.80. The molecule has 3 heterocycles. The molecule has 0 radical (unpaired) electrons. The molecular weight excluding hydrogens is 312 g/mol. The molecule has 0 aliphatic carbocycles. The van der Waals surface area contributed by atoms with Gasteiger partial charge in [0.15, 0.2) is 6.10 Å². The zero-order valence-corrected chi connectivity index (χ0v) is 13.4. The number of aromatic amines is 1. The van der Waals surface area contributed by atoms with Crippen LogP contribution in [-0.4, -0.2) is 48.9 Å². The third kappa shape index (κ3) is 2.05. The number of H-pyrrole nitrogens is 1. The Morgan fingerprint density at radius 2 is 1.96 bits per heavy atom. The zero-order valence-electron chi connectivity index (χ0n) is 13.4. The molecule has 1 aromatic carbocycles. The molecule has 2 aliphatic rings. The molecular formula is C17H18N2O5. The van der Waals surface area contributed by atoms with Gasteiger partial charge < -0.3 is 14.5 Å². The fraction of sp³-hybridized carbons (Fsp3) is 0.412. The van der Waals surface area contributed by atoms with Crippen LogP contribution < -0.4 is 0 Å². The molecule has 126 valence electrons. The number of rotatable bonds is 2. The van der Waals surface area contributed by atoms with Gasteiger partial charge in [0.25, 0.3) is 0 Å². The Morgan fingerprint density at radius 1 is 1.21 bits per heavy atom. The van der Waals surface area contributed by atoms with Crippen molar-refractivity contribution in [3.63, 3.8) is 0 Å². The number of hydrogen-bond donors (Lipinski definition) is 1. The molecule has 1 aromatic heterocycles. The Kier molecular flexibility index (Phi) is 3.54. The first kappa shape index (κ1) is 15.2. The molecule has 0 bridgehead atoms. The van der Waals surface area contributed by atoms with Gasteiger partial charge in [-0.2, -0.15) is 5.06 Å². The Labute approximate surface area is 138 Å². The minimum Gasteiger partial charge on any atom is -0.469 e. The van der Waals surface area contributed by atoms with Gasteiger partial charge in [-0.05, 0) is 18.1 Å². The van der Waals surface area contributed by atoms with Crippen molar-refractivity contribution in [2.24, 2.45) is 5.92 Å². The van der Waals surface area contributed by atoms with E-state index < -0.39 is 30.0 Å². The van der Waals surface area contributed by atoms with E-state index >= 15 is 0 Å². The number of esters is 2. The highest BCUT2D eigenvalue weighted by molar-refractivity contribution is 5.88. The molecule has 7 heteroatoms. The summed E-state index contributed by atoms with van der Waals surface area (Å²) < 4.78 is 9.73. The summed E-state index contributed by atoms with van der Waals surface area (Å²) in [7, 11) is 2.60. The second-order valence-corrected chi connectivity index (χ2v) is 6.00. The van der Waals surface area contributed by atoms with Gasteiger partial charge in [0.05, 0.1) is 20.3 Å². The molecule has 1 N–H and O–H groups in total. The Bertz CT molecular complexity index is 814. The summed E-state index contributed by atoms with van der Waals surface area (Å²) in [6.45, 7) is 0.598. The second-order valence-electron chi connectivity index (χ2n) is 6.00. The fourth-order valence-corrected chi connectivity index (χ4v) is 3.80. The minimum atomic E-state index is -0.996. The van der Waals surface area contributed by atoms with Crippen molar-refractivity contribution < 1.29 is 23.9 Å². The Balaban J connectivity index is 1.84. The monoisotopic (exact) mass is 330 g/mol. The SMILES string of the molecule is COC(=O)[C@@H]1[C@@H](C(=O)OC)ON2CCc3c([nH]c4ccccc34)[C@@H]12. The summed E-state index contributed by atoms with van der Waals surface area (Å²) in [4.78, 5) is 33.6. The summed E-state index contributed by atoms with van der Waals surface area (Å²) in [5, 5.41) is 2.83. The van der Waals surface area contributed by atoms with E-state index in [0.29, 0.717) is 6.54 Å². The molecule has 2 aromatic rings. The average Bonchev–Trinajstić information content (AvgIpc) is 3.18. The lowest BCUT2D eigenvalue weighted by Crippen LogP contribution is -2.37. The molecule has 0 saturated carbocycles. The number of nitrogens with zero attached hydrogens (tertiary/aromatic N) is 1. The number of para-hydroxylation sites is 1. The molecule has 0 amide bonds. The van der Waals surface area contributed by atoms with Crippen LogP contribution in [0.1, 0.15) is 17.3 Å². The Hall–Kier alpha value is -2.38. The van der Waals surface area contributed by atoms with E-state index in [1.807, 2.05) is 18.2 Å². The van der Waals surface area contributed by atoms with Gasteiger partial charge in [-0.15, -0.1) is 0 Å². The lowest BCUT2D eigenvalue weighted by molar-refractivity contribution is -0.190. The number of carbonyl (C=O) groups is 2. The first-order valence-corrected chi connectivity index (χ1v) is 7.84. The maximum absolute atomic E-state index is 12.4. The van der Waals surface area contributed by atoms with Crippen LogP contribution in [0.3, 0.4) is 0 Å². The number of ether oxygens (including phenoxy) is 2. The van der Waals surface area contributed by atoms with Crippen molar-refractivity contribution in [2.45, 2.75) is 18.6 Å². The summed E-state index contributed by atoms with van der Waals surface area (Å²) >= 11 is 0. The summed E-state index contributed by atoms with van der Waals surface area (Å²) in [6.07, 6.45) is -0.220. The normalized spacial score (nSPS) is 26.0. The van der Waals surface area contributed by atoms with Crippen molar-refractivity contribution in [2.75, 3.05) is 20.8 Å². The van der Waals surface area contributed by atoms with Gasteiger partial charge in [-0.25, -0.2) is 4.79 Å². The third-order valence-corrected chi connectivity index (χ3v) is 4.86. The second kappa shape index (κ2) is 5.61. The van der Waals surface area contributed by atoms with Gasteiger partial charge in [0.1, 0.15) is 5.92 Å². The molecule has 1 saturated heterocycles. The van der Waals surface area contributed by atoms with Crippen LogP contribution in [0.25, 0.3) is 10.9 Å². The summed E-state index contributed by atoms with van der Waals surface area (Å²) in [5.74, 6) is -1.82. The molecule has 1 fully saturated rings. The standard InChI is InChI=1S/C17H18N2O5/c1-22-16(20)12-14-13-10(9-5-3-4-6-11(9)18-13)7-8-19(14)24-15(12)17(21)23-2/h3-6,12,14-15,18H,7-8H2,1-2H3/t12-,14+,15-/m0/s1. The number of methoxy groups -OCH3 is 2. The highest BCUT2D eigenvalue weighted by atomic mass is 16.7. The van der Waals surface area contributed by atoms with E-state index in [0.717, 1.165) is 28.6 Å². The molecule has 0 spiro atoms. The number of carbonyl (C=O) groups excluding carboxylic acids is 2. The minimum absolute atomic E-state index is 0.391. The summed E-state index contributed by atoms with van der Waals surface area (Å²) in [6, 6.07) is 7.61. The smallest absolute Gasteiger partial charge is 0.338 e. The number of nitrogens with one attached hydrogen (secondary N) is 1. The maximum Gasteiger partial charge on any atom is 0.338 e. The number of benzene rings is 1. The molecule has 3 atom stereocenters. The van der Waals surface area contributed by atoms with Crippen LogP contribution >= 0.6 is 0 Å². The van der Waals surface area contributed by atoms with Gasteiger partial charge in [-0.1, -0.05) is 18.2 Å². The molecule has 4 rings (SSSR count). The lowest BCUT2D eigenvalue weighted by atomic mass is 9.87. The van der Waals surface area contributed by atoms with Gasteiger partial charge in [-0.3, -0.25) is 9.63 Å². The van der Waals surface area contributed by atoms with Crippen molar-refractivity contribution in [1.82, 2.24) is 10.0 Å². The first-order chi connectivity index (χ1) is 11.7. The van der Waals surface area contributed by atoms with E-state index in [1.54, 1.807) is 5.06 Å². The van der Waals surface area contributed by atoms with E-state index in [2.05, 4.69) is 11.1 Å². The number of hydroxylamine groups is 2. The molecule has 0 unspecified atom stereocenters. The highest BCUT2D eigenvalue weighted by Crippen LogP contribution is 2.45. The molecule has 2 aliphatic heterocycles. The van der Waals surface area contributed by atoms with Crippen LogP contribution in [-0.2, 0) is 30.3 Å². The molecule has 24 heavy (non-hydrogen) atoms. The topological polar surface area (TPSA) is 80.9 Å². The van der Waals surface area contributed by atoms with Crippen LogP contribution in [0.4, 0.5) is 0 Å². The summed E-state index contributed by atoms with van der Waals surface area (Å²) in [5.41, 5.74) is 3.08. The van der Waals surface area contributed by atoms with E-state index in [1.165, 1.54) is 14.2 Å². The van der Waals surface area contributed by atoms with Crippen molar-refractivity contribution >= 4 is 22.8 Å². The maximum atomic E-state index is 12.4. The first-order valence-electron chi connectivity index (χ1n) is 7.84. The van der Waals surface area contributed by atoms with Gasteiger partial charge in [0.2, 0.25) is 0 Å². The van der Waals surface area contributed by atoms with Gasteiger partial charge >= 0.3 is 11.9 Å². The molecule has 7 nitrogen and oxygen atoms in total. The van der Waals surface area contributed by atoms with Crippen molar-refractivity contribution in [3.05, 3.63) is 35.5 Å². The average molecular weight is 330 g/mol. The third-order valence-electron chi connectivity index (χ3n) is 4.86. The number of hydrogen-bond acceptors (Lipinski definition) is 6. The number of aromatic nitrogens is 1. The van der Waals surface area contributed by atoms with E-state index in [9.17, 15) is 9.59 Å². The van der Waals surface area contributed by atoms with Crippen LogP contribution in [0, 0.1) is 5.92 Å². The predicted octanol–water partition coefficient (Wildman–Crippen LogP) is 1.34. The van der Waals surface area contributed by atoms with Crippen LogP contribution in [0.2, 0.25) is 0 Å². The van der Waals surface area contributed by atoms with Gasteiger partial charge in [0, 0.05) is 23.1 Å². The largest absolute Gasteiger partial charge is 0.469 e. The zero-order chi connectivity index (χ0) is 16.8. The van der Waals surface area contributed by atoms with Crippen LogP contribution in [0.5, 0.6) is 0 Å². The van der Waals surface area contributed by atoms with Crippen molar-refractivity contribution in [1.29, 1.82) is 0 Å². The van der Waals surface area contributed by atoms with Crippen LogP contribution in [0.15, 0.2) is 24.3 Å². The van der Waals surface area contributed by atoms with E-state index in [-0.39, 0.29) is 0 Å². The predicted molar refractivity (Wildman–Crippen MR) is 83.8 cm³/mol.